The van der Waals surface area contributed by atoms with E-state index in [-0.39, 0.29) is 18.4 Å². The number of rotatable bonds is 7. The third kappa shape index (κ3) is 5.18. The number of aromatic nitrogens is 3. The average molecular weight is 458 g/mol. The number of nitrogens with one attached hydrogen (secondary N) is 2. The van der Waals surface area contributed by atoms with Crippen LogP contribution in [0.2, 0.25) is 5.02 Å². The zero-order valence-electron chi connectivity index (χ0n) is 16.7. The van der Waals surface area contributed by atoms with Crippen LogP contribution in [0.3, 0.4) is 0 Å². The van der Waals surface area contributed by atoms with Gasteiger partial charge in [-0.3, -0.25) is 14.7 Å². The molecule has 3 amide bonds. The number of imide groups is 1. The van der Waals surface area contributed by atoms with Crippen LogP contribution < -0.4 is 15.4 Å². The summed E-state index contributed by atoms with van der Waals surface area (Å²) in [5.41, 5.74) is 1.90. The second-order valence-electron chi connectivity index (χ2n) is 6.98. The van der Waals surface area contributed by atoms with Crippen molar-refractivity contribution >= 4 is 35.3 Å². The van der Waals surface area contributed by atoms with Crippen LogP contribution in [0.5, 0.6) is 5.75 Å². The van der Waals surface area contributed by atoms with E-state index in [9.17, 15) is 9.59 Å². The first kappa shape index (κ1) is 21.2. The van der Waals surface area contributed by atoms with Crippen LogP contribution >= 0.6 is 23.4 Å². The molecule has 1 aliphatic rings. The molecule has 31 heavy (non-hydrogen) atoms. The Hall–Kier alpha value is -3.04. The van der Waals surface area contributed by atoms with E-state index >= 15 is 0 Å². The van der Waals surface area contributed by atoms with Crippen molar-refractivity contribution in [3.05, 3.63) is 64.9 Å². The number of carbonyl (C=O) groups is 2. The van der Waals surface area contributed by atoms with Crippen molar-refractivity contribution < 1.29 is 14.3 Å². The number of methoxy groups -OCH3 is 1. The number of halogens is 1. The molecular formula is C21H20ClN5O3S. The quantitative estimate of drug-likeness (QED) is 0.528. The fourth-order valence-corrected chi connectivity index (χ4v) is 4.45. The summed E-state index contributed by atoms with van der Waals surface area (Å²) in [6.45, 7) is 0. The maximum absolute atomic E-state index is 11.8. The Kier molecular flexibility index (Phi) is 6.43. The van der Waals surface area contributed by atoms with Crippen molar-refractivity contribution in [3.8, 4) is 11.4 Å². The van der Waals surface area contributed by atoms with E-state index < -0.39 is 6.03 Å². The van der Waals surface area contributed by atoms with Gasteiger partial charge in [-0.15, -0.1) is 10.2 Å². The minimum Gasteiger partial charge on any atom is -0.497 e. The summed E-state index contributed by atoms with van der Waals surface area (Å²) in [7, 11) is 1.61. The summed E-state index contributed by atoms with van der Waals surface area (Å²) in [6.07, 6.45) is 0.544. The zero-order chi connectivity index (χ0) is 21.8. The number of urea groups is 1. The zero-order valence-corrected chi connectivity index (χ0v) is 18.2. The lowest BCUT2D eigenvalue weighted by molar-refractivity contribution is -0.121. The monoisotopic (exact) mass is 457 g/mol. The summed E-state index contributed by atoms with van der Waals surface area (Å²) < 4.78 is 7.29. The second-order valence-corrected chi connectivity index (χ2v) is 8.36. The molecule has 2 aromatic carbocycles. The van der Waals surface area contributed by atoms with Gasteiger partial charge in [-0.25, -0.2) is 4.79 Å². The van der Waals surface area contributed by atoms with E-state index in [1.165, 1.54) is 11.8 Å². The summed E-state index contributed by atoms with van der Waals surface area (Å²) in [5, 5.41) is 15.1. The number of hydrogen-bond acceptors (Lipinski definition) is 6. The molecule has 3 aromatic rings. The molecule has 1 fully saturated rings. The van der Waals surface area contributed by atoms with E-state index in [1.807, 2.05) is 53.1 Å². The number of amides is 3. The number of ether oxygens (including phenoxy) is 1. The summed E-state index contributed by atoms with van der Waals surface area (Å²) in [5.74, 6) is 1.69. The highest BCUT2D eigenvalue weighted by atomic mass is 35.5. The predicted octanol–water partition coefficient (Wildman–Crippen LogP) is 3.36. The molecule has 2 N–H and O–H groups in total. The minimum atomic E-state index is -0.496. The molecule has 1 atom stereocenters. The van der Waals surface area contributed by atoms with E-state index in [1.54, 1.807) is 7.11 Å². The van der Waals surface area contributed by atoms with Gasteiger partial charge in [0.05, 0.1) is 12.8 Å². The molecule has 0 aliphatic carbocycles. The predicted molar refractivity (Wildman–Crippen MR) is 118 cm³/mol. The van der Waals surface area contributed by atoms with Gasteiger partial charge in [-0.1, -0.05) is 41.6 Å². The molecule has 0 bridgehead atoms. The van der Waals surface area contributed by atoms with Gasteiger partial charge in [0.1, 0.15) is 11.6 Å². The average Bonchev–Trinajstić information content (AvgIpc) is 3.14. The maximum Gasteiger partial charge on any atom is 0.321 e. The molecule has 0 spiro atoms. The molecule has 8 nitrogen and oxygen atoms in total. The highest BCUT2D eigenvalue weighted by Gasteiger charge is 2.26. The van der Waals surface area contributed by atoms with Gasteiger partial charge < -0.3 is 10.1 Å². The number of benzene rings is 2. The van der Waals surface area contributed by atoms with Gasteiger partial charge in [0.15, 0.2) is 5.16 Å². The molecule has 1 aromatic heterocycles. The van der Waals surface area contributed by atoms with Crippen molar-refractivity contribution in [2.24, 2.45) is 0 Å². The lowest BCUT2D eigenvalue weighted by Crippen LogP contribution is -2.53. The highest BCUT2D eigenvalue weighted by Crippen LogP contribution is 2.28. The van der Waals surface area contributed by atoms with Gasteiger partial charge in [-0.2, -0.15) is 0 Å². The Labute approximate surface area is 188 Å². The van der Waals surface area contributed by atoms with Gasteiger partial charge in [-0.05, 0) is 29.8 Å². The summed E-state index contributed by atoms with van der Waals surface area (Å²) >= 11 is 7.62. The Morgan fingerprint density at radius 2 is 2.03 bits per heavy atom. The van der Waals surface area contributed by atoms with E-state index in [2.05, 4.69) is 20.8 Å². The molecule has 1 aliphatic heterocycles. The molecule has 1 unspecified atom stereocenters. The number of hydrogen-bond donors (Lipinski definition) is 2. The smallest absolute Gasteiger partial charge is 0.321 e. The maximum atomic E-state index is 11.8. The molecule has 4 rings (SSSR count). The minimum absolute atomic E-state index is 0.182. The highest BCUT2D eigenvalue weighted by molar-refractivity contribution is 7.98. The van der Waals surface area contributed by atoms with Crippen LogP contribution in [0.4, 0.5) is 4.79 Å². The summed E-state index contributed by atoms with van der Waals surface area (Å²) in [4.78, 5) is 23.4. The molecule has 0 saturated carbocycles. The molecular weight excluding hydrogens is 438 g/mol. The van der Waals surface area contributed by atoms with Crippen LogP contribution in [0.15, 0.2) is 53.7 Å². The number of nitrogens with zero attached hydrogens (tertiary/aromatic N) is 3. The van der Waals surface area contributed by atoms with Crippen LogP contribution in [0.25, 0.3) is 5.69 Å². The van der Waals surface area contributed by atoms with Crippen LogP contribution in [-0.4, -0.2) is 39.9 Å². The van der Waals surface area contributed by atoms with Crippen molar-refractivity contribution in [2.75, 3.05) is 7.11 Å². The topological polar surface area (TPSA) is 98.1 Å². The molecule has 0 radical (unpaired) electrons. The number of carbonyl (C=O) groups excluding carboxylic acids is 2. The Balaban J connectivity index is 1.64. The van der Waals surface area contributed by atoms with Crippen molar-refractivity contribution in [1.82, 2.24) is 25.4 Å². The van der Waals surface area contributed by atoms with Crippen LogP contribution in [0, 0.1) is 0 Å². The SMILES string of the molecule is COc1cccc(-n2c(CC3CC(=O)NC(=O)N3)nnc2SCc2cccc(Cl)c2)c1. The van der Waals surface area contributed by atoms with E-state index in [0.717, 1.165) is 11.3 Å². The third-order valence-corrected chi connectivity index (χ3v) is 5.95. The molecule has 1 saturated heterocycles. The van der Waals surface area contributed by atoms with Crippen molar-refractivity contribution in [1.29, 1.82) is 0 Å². The number of thioether (sulfide) groups is 1. The van der Waals surface area contributed by atoms with Crippen molar-refractivity contribution in [2.45, 2.75) is 29.8 Å². The standard InChI is InChI=1S/C21H20ClN5O3S/c1-30-17-7-3-6-16(11-17)27-18(9-15-10-19(28)24-20(29)23-15)25-26-21(27)31-12-13-4-2-5-14(22)8-13/h2-8,11,15H,9-10,12H2,1H3,(H2,23,24,28,29). The first-order valence-corrected chi connectivity index (χ1v) is 10.9. The van der Waals surface area contributed by atoms with Gasteiger partial charge in [0.25, 0.3) is 0 Å². The van der Waals surface area contributed by atoms with E-state index in [0.29, 0.717) is 33.9 Å². The normalized spacial score (nSPS) is 16.0. The second kappa shape index (κ2) is 9.40. The fraction of sp³-hybridized carbons (Fsp3) is 0.238. The lowest BCUT2D eigenvalue weighted by Gasteiger charge is -2.23. The van der Waals surface area contributed by atoms with Crippen LogP contribution in [0.1, 0.15) is 17.8 Å². The molecule has 2 heterocycles. The lowest BCUT2D eigenvalue weighted by atomic mass is 10.1. The van der Waals surface area contributed by atoms with Gasteiger partial charge in [0, 0.05) is 35.7 Å². The third-order valence-electron chi connectivity index (χ3n) is 4.72. The van der Waals surface area contributed by atoms with E-state index in [4.69, 9.17) is 16.3 Å². The largest absolute Gasteiger partial charge is 0.497 e. The molecule has 160 valence electrons. The Morgan fingerprint density at radius 1 is 1.19 bits per heavy atom. The first-order valence-electron chi connectivity index (χ1n) is 9.58. The van der Waals surface area contributed by atoms with Crippen molar-refractivity contribution in [3.63, 3.8) is 0 Å². The van der Waals surface area contributed by atoms with Crippen LogP contribution in [-0.2, 0) is 17.0 Å². The Bertz CT molecular complexity index is 1100. The molecule has 10 heteroatoms. The summed E-state index contributed by atoms with van der Waals surface area (Å²) in [6, 6.07) is 14.4. The first-order chi connectivity index (χ1) is 15.0. The van der Waals surface area contributed by atoms with Gasteiger partial charge >= 0.3 is 6.03 Å². The fourth-order valence-electron chi connectivity index (χ4n) is 3.33. The van der Waals surface area contributed by atoms with Gasteiger partial charge in [0.2, 0.25) is 5.91 Å². The Morgan fingerprint density at radius 3 is 2.81 bits per heavy atom.